The SMILES string of the molecule is CC.CC.CC(C)ON1C[C@H]2CC[C@@H](C1)C2Oc1ccccc1. The van der Waals surface area contributed by atoms with E-state index in [0.717, 1.165) is 18.8 Å². The number of para-hydroxylation sites is 1. The highest BCUT2D eigenvalue weighted by Crippen LogP contribution is 2.39. The average molecular weight is 322 g/mol. The van der Waals surface area contributed by atoms with Crippen molar-refractivity contribution in [3.63, 3.8) is 0 Å². The number of rotatable bonds is 4. The Labute approximate surface area is 142 Å². The minimum absolute atomic E-state index is 0.269. The molecule has 1 saturated heterocycles. The standard InChI is InChI=1S/C16H23NO2.2C2H6/c1-12(2)19-17-10-13-8-9-14(11-17)16(13)18-15-6-4-3-5-7-15;2*1-2/h3-7,12-14,16H,8-11H2,1-2H3;2*1-2H3/t13-,14+,16?;;. The van der Waals surface area contributed by atoms with E-state index < -0.39 is 0 Å². The van der Waals surface area contributed by atoms with E-state index in [4.69, 9.17) is 9.57 Å². The van der Waals surface area contributed by atoms with Gasteiger partial charge in [-0.1, -0.05) is 45.9 Å². The molecule has 1 aliphatic carbocycles. The molecule has 2 fully saturated rings. The van der Waals surface area contributed by atoms with Gasteiger partial charge in [0.25, 0.3) is 0 Å². The Hall–Kier alpha value is -1.06. The van der Waals surface area contributed by atoms with Crippen LogP contribution in [-0.2, 0) is 4.84 Å². The van der Waals surface area contributed by atoms with Crippen LogP contribution in [0.1, 0.15) is 54.4 Å². The van der Waals surface area contributed by atoms with Gasteiger partial charge in [0.2, 0.25) is 0 Å². The van der Waals surface area contributed by atoms with Crippen LogP contribution in [0.2, 0.25) is 0 Å². The van der Waals surface area contributed by atoms with Crippen molar-refractivity contribution in [1.82, 2.24) is 5.06 Å². The molecule has 1 saturated carbocycles. The molecule has 0 amide bonds. The van der Waals surface area contributed by atoms with Gasteiger partial charge in [0.15, 0.2) is 0 Å². The van der Waals surface area contributed by atoms with E-state index in [1.165, 1.54) is 12.8 Å². The van der Waals surface area contributed by atoms with Crippen LogP contribution in [0.15, 0.2) is 30.3 Å². The number of nitrogens with zero attached hydrogens (tertiary/aromatic N) is 1. The Morgan fingerprint density at radius 1 is 0.913 bits per heavy atom. The van der Waals surface area contributed by atoms with Gasteiger partial charge in [0, 0.05) is 24.9 Å². The van der Waals surface area contributed by atoms with Crippen LogP contribution in [0.25, 0.3) is 0 Å². The number of piperidine rings is 1. The fourth-order valence-corrected chi connectivity index (χ4v) is 3.36. The lowest BCUT2D eigenvalue weighted by Crippen LogP contribution is -2.47. The molecule has 23 heavy (non-hydrogen) atoms. The van der Waals surface area contributed by atoms with Gasteiger partial charge in [-0.3, -0.25) is 4.84 Å². The van der Waals surface area contributed by atoms with Gasteiger partial charge in [-0.2, -0.15) is 5.06 Å². The van der Waals surface area contributed by atoms with Crippen molar-refractivity contribution in [2.24, 2.45) is 11.8 Å². The molecule has 3 rings (SSSR count). The molecule has 1 aromatic rings. The first-order valence-corrected chi connectivity index (χ1v) is 9.36. The minimum Gasteiger partial charge on any atom is -0.490 e. The Morgan fingerprint density at radius 3 is 1.91 bits per heavy atom. The molecule has 0 spiro atoms. The lowest BCUT2D eigenvalue weighted by atomic mass is 9.96. The molecule has 1 unspecified atom stereocenters. The second-order valence-electron chi connectivity index (χ2n) is 5.99. The maximum absolute atomic E-state index is 6.21. The van der Waals surface area contributed by atoms with Crippen molar-refractivity contribution >= 4 is 0 Å². The van der Waals surface area contributed by atoms with Crippen LogP contribution in [0.3, 0.4) is 0 Å². The van der Waals surface area contributed by atoms with E-state index >= 15 is 0 Å². The summed E-state index contributed by atoms with van der Waals surface area (Å²) in [4.78, 5) is 5.85. The van der Waals surface area contributed by atoms with Gasteiger partial charge in [0.05, 0.1) is 6.10 Å². The highest BCUT2D eigenvalue weighted by molar-refractivity contribution is 5.21. The maximum Gasteiger partial charge on any atom is 0.119 e. The summed E-state index contributed by atoms with van der Waals surface area (Å²) in [6.45, 7) is 14.2. The van der Waals surface area contributed by atoms with Crippen LogP contribution in [0.5, 0.6) is 5.75 Å². The number of fused-ring (bicyclic) bond motifs is 2. The van der Waals surface area contributed by atoms with Crippen LogP contribution >= 0.6 is 0 Å². The van der Waals surface area contributed by atoms with Gasteiger partial charge >= 0.3 is 0 Å². The number of hydrogen-bond acceptors (Lipinski definition) is 3. The van der Waals surface area contributed by atoms with Gasteiger partial charge in [-0.15, -0.1) is 0 Å². The zero-order chi connectivity index (χ0) is 17.2. The molecule has 1 aliphatic heterocycles. The van der Waals surface area contributed by atoms with Gasteiger partial charge in [-0.05, 0) is 38.8 Å². The van der Waals surface area contributed by atoms with Crippen molar-refractivity contribution in [2.45, 2.75) is 66.6 Å². The third-order valence-electron chi connectivity index (χ3n) is 4.09. The summed E-state index contributed by atoms with van der Waals surface area (Å²) in [6, 6.07) is 10.2. The largest absolute Gasteiger partial charge is 0.490 e. The maximum atomic E-state index is 6.21. The monoisotopic (exact) mass is 321 g/mol. The predicted molar refractivity (Wildman–Crippen MR) is 97.6 cm³/mol. The van der Waals surface area contributed by atoms with Gasteiger partial charge < -0.3 is 4.74 Å². The summed E-state index contributed by atoms with van der Waals surface area (Å²) in [5.41, 5.74) is 0. The third-order valence-corrected chi connectivity index (χ3v) is 4.09. The second kappa shape index (κ2) is 10.7. The lowest BCUT2D eigenvalue weighted by molar-refractivity contribution is -0.217. The smallest absolute Gasteiger partial charge is 0.119 e. The molecule has 3 heteroatoms. The Kier molecular flexibility index (Phi) is 9.27. The fraction of sp³-hybridized carbons (Fsp3) is 0.700. The molecule has 3 atom stereocenters. The van der Waals surface area contributed by atoms with Crippen molar-refractivity contribution < 1.29 is 9.57 Å². The van der Waals surface area contributed by atoms with Crippen molar-refractivity contribution in [1.29, 1.82) is 0 Å². The number of hydroxylamine groups is 2. The molecule has 0 N–H and O–H groups in total. The summed E-state index contributed by atoms with van der Waals surface area (Å²) in [5, 5.41) is 2.15. The molecule has 3 nitrogen and oxygen atoms in total. The molecular weight excluding hydrogens is 286 g/mol. The van der Waals surface area contributed by atoms with E-state index in [2.05, 4.69) is 31.0 Å². The molecule has 0 radical (unpaired) electrons. The molecule has 2 aliphatic rings. The minimum atomic E-state index is 0.269. The van der Waals surface area contributed by atoms with Crippen molar-refractivity contribution in [2.75, 3.05) is 13.1 Å². The summed E-state index contributed by atoms with van der Waals surface area (Å²) < 4.78 is 6.21. The number of ether oxygens (including phenoxy) is 1. The predicted octanol–water partition coefficient (Wildman–Crippen LogP) is 5.17. The molecule has 0 aromatic heterocycles. The fourth-order valence-electron chi connectivity index (χ4n) is 3.36. The molecule has 1 heterocycles. The van der Waals surface area contributed by atoms with E-state index in [-0.39, 0.29) is 6.10 Å². The van der Waals surface area contributed by atoms with E-state index in [1.54, 1.807) is 0 Å². The first kappa shape index (κ1) is 20.0. The molecular formula is C20H35NO2. The first-order valence-electron chi connectivity index (χ1n) is 9.36. The average Bonchev–Trinajstić information content (AvgIpc) is 2.82. The second-order valence-corrected chi connectivity index (χ2v) is 5.99. The highest BCUT2D eigenvalue weighted by Gasteiger charge is 2.44. The van der Waals surface area contributed by atoms with Crippen LogP contribution in [-0.4, -0.2) is 30.4 Å². The van der Waals surface area contributed by atoms with E-state index in [9.17, 15) is 0 Å². The summed E-state index contributed by atoms with van der Waals surface area (Å²) in [5.74, 6) is 2.22. The van der Waals surface area contributed by atoms with Crippen LogP contribution in [0, 0.1) is 11.8 Å². The van der Waals surface area contributed by atoms with Crippen molar-refractivity contribution in [3.05, 3.63) is 30.3 Å². The highest BCUT2D eigenvalue weighted by atomic mass is 16.7. The zero-order valence-electron chi connectivity index (χ0n) is 15.8. The summed E-state index contributed by atoms with van der Waals surface area (Å²) in [7, 11) is 0. The summed E-state index contributed by atoms with van der Waals surface area (Å²) >= 11 is 0. The van der Waals surface area contributed by atoms with Gasteiger partial charge in [-0.25, -0.2) is 0 Å². The molecule has 132 valence electrons. The zero-order valence-corrected chi connectivity index (χ0v) is 15.8. The summed E-state index contributed by atoms with van der Waals surface area (Å²) in [6.07, 6.45) is 3.17. The first-order chi connectivity index (χ1) is 11.2. The molecule has 1 aromatic carbocycles. The molecule has 2 bridgehead atoms. The van der Waals surface area contributed by atoms with Crippen LogP contribution in [0.4, 0.5) is 0 Å². The topological polar surface area (TPSA) is 21.7 Å². The third kappa shape index (κ3) is 5.82. The Bertz CT molecular complexity index is 393. The quantitative estimate of drug-likeness (QED) is 0.764. The van der Waals surface area contributed by atoms with E-state index in [1.807, 2.05) is 45.9 Å². The normalized spacial score (nSPS) is 26.0. The van der Waals surface area contributed by atoms with Gasteiger partial charge in [0.1, 0.15) is 11.9 Å². The lowest BCUT2D eigenvalue weighted by Gasteiger charge is -2.37. The number of hydrogen-bond donors (Lipinski definition) is 0. The Morgan fingerprint density at radius 2 is 1.43 bits per heavy atom. The number of benzene rings is 1. The van der Waals surface area contributed by atoms with Crippen LogP contribution < -0.4 is 4.74 Å². The Balaban J connectivity index is 0.000000615. The van der Waals surface area contributed by atoms with Crippen molar-refractivity contribution in [3.8, 4) is 5.75 Å². The van der Waals surface area contributed by atoms with E-state index in [0.29, 0.717) is 17.9 Å².